The summed E-state index contributed by atoms with van der Waals surface area (Å²) >= 11 is 16.3. The lowest BCUT2D eigenvalue weighted by Gasteiger charge is -2.14. The summed E-state index contributed by atoms with van der Waals surface area (Å²) in [5.41, 5.74) is 3.89. The second-order valence-electron chi connectivity index (χ2n) is 4.91. The van der Waals surface area contributed by atoms with Crippen LogP contribution >= 0.6 is 39.1 Å². The van der Waals surface area contributed by atoms with E-state index in [0.717, 1.165) is 32.6 Å². The molecule has 2 aromatic carbocycles. The SMILES string of the molecule is Cc1c(Br)cccc1-n1c(C(C)Cl)nc2cccc(Cl)c21. The molecule has 0 N–H and O–H groups in total. The second kappa shape index (κ2) is 5.64. The van der Waals surface area contributed by atoms with Gasteiger partial charge in [0.25, 0.3) is 0 Å². The number of halogens is 3. The van der Waals surface area contributed by atoms with E-state index >= 15 is 0 Å². The van der Waals surface area contributed by atoms with Crippen LogP contribution in [0.5, 0.6) is 0 Å². The lowest BCUT2D eigenvalue weighted by atomic mass is 10.2. The van der Waals surface area contributed by atoms with Gasteiger partial charge in [0.2, 0.25) is 0 Å². The zero-order valence-electron chi connectivity index (χ0n) is 11.6. The van der Waals surface area contributed by atoms with Crippen LogP contribution in [0.4, 0.5) is 0 Å². The van der Waals surface area contributed by atoms with E-state index in [1.165, 1.54) is 0 Å². The third-order valence-electron chi connectivity index (χ3n) is 3.49. The largest absolute Gasteiger partial charge is 0.293 e. The van der Waals surface area contributed by atoms with Crippen LogP contribution in [-0.2, 0) is 0 Å². The molecule has 1 aromatic heterocycles. The molecule has 0 aliphatic heterocycles. The fourth-order valence-corrected chi connectivity index (χ4v) is 3.21. The summed E-state index contributed by atoms with van der Waals surface area (Å²) in [5.74, 6) is 0.793. The average molecular weight is 384 g/mol. The molecule has 21 heavy (non-hydrogen) atoms. The third kappa shape index (κ3) is 2.48. The predicted molar refractivity (Wildman–Crippen MR) is 92.8 cm³/mol. The fraction of sp³-hybridized carbons (Fsp3) is 0.188. The highest BCUT2D eigenvalue weighted by Crippen LogP contribution is 2.34. The maximum absolute atomic E-state index is 6.41. The first kappa shape index (κ1) is 14.9. The highest BCUT2D eigenvalue weighted by atomic mass is 79.9. The van der Waals surface area contributed by atoms with Crippen molar-refractivity contribution in [3.05, 3.63) is 57.3 Å². The number of nitrogens with zero attached hydrogens (tertiary/aromatic N) is 2. The monoisotopic (exact) mass is 382 g/mol. The van der Waals surface area contributed by atoms with Crippen LogP contribution in [0.25, 0.3) is 16.7 Å². The Labute approximate surface area is 141 Å². The van der Waals surface area contributed by atoms with Crippen molar-refractivity contribution >= 4 is 50.2 Å². The Hall–Kier alpha value is -1.03. The van der Waals surface area contributed by atoms with Gasteiger partial charge < -0.3 is 0 Å². The number of fused-ring (bicyclic) bond motifs is 1. The van der Waals surface area contributed by atoms with Crippen molar-refractivity contribution in [3.63, 3.8) is 0 Å². The summed E-state index contributed by atoms with van der Waals surface area (Å²) in [7, 11) is 0. The standard InChI is InChI=1S/C16H13BrCl2N2/c1-9-11(17)5-3-8-14(9)21-15-12(19)6-4-7-13(15)20-16(21)10(2)18/h3-8,10H,1-2H3. The molecule has 108 valence electrons. The summed E-state index contributed by atoms with van der Waals surface area (Å²) in [6.07, 6.45) is 0. The number of aromatic nitrogens is 2. The van der Waals surface area contributed by atoms with Gasteiger partial charge in [0.15, 0.2) is 0 Å². The molecule has 5 heteroatoms. The molecule has 0 saturated heterocycles. The van der Waals surface area contributed by atoms with E-state index in [9.17, 15) is 0 Å². The molecule has 3 rings (SSSR count). The fourth-order valence-electron chi connectivity index (χ4n) is 2.45. The van der Waals surface area contributed by atoms with Crippen LogP contribution in [0.15, 0.2) is 40.9 Å². The van der Waals surface area contributed by atoms with Gasteiger partial charge in [-0.3, -0.25) is 4.57 Å². The third-order valence-corrected chi connectivity index (χ3v) is 4.85. The number of rotatable bonds is 2. The molecule has 0 spiro atoms. The molecule has 0 bridgehead atoms. The van der Waals surface area contributed by atoms with Gasteiger partial charge in [-0.25, -0.2) is 4.98 Å². The predicted octanol–water partition coefficient (Wildman–Crippen LogP) is 6.05. The summed E-state index contributed by atoms with van der Waals surface area (Å²) < 4.78 is 3.09. The lowest BCUT2D eigenvalue weighted by Crippen LogP contribution is -2.04. The summed E-state index contributed by atoms with van der Waals surface area (Å²) in [4.78, 5) is 4.65. The van der Waals surface area contributed by atoms with E-state index in [-0.39, 0.29) is 5.38 Å². The molecule has 1 unspecified atom stereocenters. The number of benzene rings is 2. The minimum atomic E-state index is -0.216. The van der Waals surface area contributed by atoms with Gasteiger partial charge in [0, 0.05) is 4.47 Å². The van der Waals surface area contributed by atoms with Crippen molar-refractivity contribution in [2.24, 2.45) is 0 Å². The minimum Gasteiger partial charge on any atom is -0.293 e. The van der Waals surface area contributed by atoms with Crippen LogP contribution in [0.2, 0.25) is 5.02 Å². The Morgan fingerprint density at radius 3 is 2.62 bits per heavy atom. The van der Waals surface area contributed by atoms with Crippen molar-refractivity contribution in [2.45, 2.75) is 19.2 Å². The maximum atomic E-state index is 6.41. The van der Waals surface area contributed by atoms with Crippen molar-refractivity contribution in [2.75, 3.05) is 0 Å². The van der Waals surface area contributed by atoms with Gasteiger partial charge in [-0.05, 0) is 43.7 Å². The topological polar surface area (TPSA) is 17.8 Å². The van der Waals surface area contributed by atoms with Crippen molar-refractivity contribution in [3.8, 4) is 5.69 Å². The number of hydrogen-bond acceptors (Lipinski definition) is 1. The first-order valence-electron chi connectivity index (χ1n) is 6.57. The van der Waals surface area contributed by atoms with E-state index < -0.39 is 0 Å². The Kier molecular flexibility index (Phi) is 4.00. The first-order valence-corrected chi connectivity index (χ1v) is 8.18. The van der Waals surface area contributed by atoms with Crippen LogP contribution in [-0.4, -0.2) is 9.55 Å². The molecular formula is C16H13BrCl2N2. The molecule has 0 fully saturated rings. The zero-order valence-corrected chi connectivity index (χ0v) is 14.7. The summed E-state index contributed by atoms with van der Waals surface area (Å²) in [6.45, 7) is 3.98. The highest BCUT2D eigenvalue weighted by Gasteiger charge is 2.19. The average Bonchev–Trinajstić information content (AvgIpc) is 2.83. The van der Waals surface area contributed by atoms with E-state index in [1.807, 2.05) is 43.3 Å². The molecule has 0 radical (unpaired) electrons. The van der Waals surface area contributed by atoms with Gasteiger partial charge >= 0.3 is 0 Å². The maximum Gasteiger partial charge on any atom is 0.132 e. The molecule has 1 atom stereocenters. The Balaban J connectivity index is 2.45. The van der Waals surface area contributed by atoms with Crippen molar-refractivity contribution in [1.29, 1.82) is 0 Å². The van der Waals surface area contributed by atoms with E-state index in [0.29, 0.717) is 5.02 Å². The number of imidazole rings is 1. The number of hydrogen-bond donors (Lipinski definition) is 0. The Morgan fingerprint density at radius 2 is 1.90 bits per heavy atom. The zero-order chi connectivity index (χ0) is 15.1. The molecule has 0 amide bonds. The van der Waals surface area contributed by atoms with Crippen LogP contribution < -0.4 is 0 Å². The summed E-state index contributed by atoms with van der Waals surface area (Å²) in [6, 6.07) is 11.8. The Bertz CT molecular complexity index is 825. The number of alkyl halides is 1. The van der Waals surface area contributed by atoms with Gasteiger partial charge in [-0.15, -0.1) is 11.6 Å². The smallest absolute Gasteiger partial charge is 0.132 e. The van der Waals surface area contributed by atoms with E-state index in [2.05, 4.69) is 32.4 Å². The van der Waals surface area contributed by atoms with Crippen molar-refractivity contribution < 1.29 is 0 Å². The van der Waals surface area contributed by atoms with Gasteiger partial charge in [-0.2, -0.15) is 0 Å². The molecule has 0 aliphatic carbocycles. The first-order chi connectivity index (χ1) is 10.0. The molecule has 3 aromatic rings. The molecule has 0 saturated carbocycles. The van der Waals surface area contributed by atoms with Crippen LogP contribution in [0, 0.1) is 6.92 Å². The van der Waals surface area contributed by atoms with Gasteiger partial charge in [-0.1, -0.05) is 39.7 Å². The lowest BCUT2D eigenvalue weighted by molar-refractivity contribution is 0.877. The van der Waals surface area contributed by atoms with Crippen molar-refractivity contribution in [1.82, 2.24) is 9.55 Å². The normalized spacial score (nSPS) is 12.8. The quantitative estimate of drug-likeness (QED) is 0.492. The van der Waals surface area contributed by atoms with Gasteiger partial charge in [0.05, 0.1) is 27.1 Å². The molecular weight excluding hydrogens is 371 g/mol. The Morgan fingerprint density at radius 1 is 1.19 bits per heavy atom. The second-order valence-corrected chi connectivity index (χ2v) is 6.83. The minimum absolute atomic E-state index is 0.216. The molecule has 2 nitrogen and oxygen atoms in total. The van der Waals surface area contributed by atoms with Gasteiger partial charge in [0.1, 0.15) is 5.82 Å². The van der Waals surface area contributed by atoms with Crippen LogP contribution in [0.3, 0.4) is 0 Å². The highest BCUT2D eigenvalue weighted by molar-refractivity contribution is 9.10. The summed E-state index contributed by atoms with van der Waals surface area (Å²) in [5, 5.41) is 0.454. The molecule has 0 aliphatic rings. The van der Waals surface area contributed by atoms with E-state index in [4.69, 9.17) is 23.2 Å². The number of para-hydroxylation sites is 1. The van der Waals surface area contributed by atoms with Crippen LogP contribution in [0.1, 0.15) is 23.7 Å². The molecule has 1 heterocycles. The van der Waals surface area contributed by atoms with E-state index in [1.54, 1.807) is 0 Å².